The monoisotopic (exact) mass is 398 g/mol. The summed E-state index contributed by atoms with van der Waals surface area (Å²) in [5.74, 6) is -1.39. The molecule has 0 aromatic carbocycles. The fraction of sp³-hybridized carbons (Fsp3) is 0.909. The summed E-state index contributed by atoms with van der Waals surface area (Å²) in [5, 5.41) is 17.8. The Morgan fingerprint density at radius 2 is 1.43 bits per heavy atom. The Kier molecular flexibility index (Phi) is 9.91. The van der Waals surface area contributed by atoms with E-state index >= 15 is 0 Å². The van der Waals surface area contributed by atoms with E-state index in [1.165, 1.54) is 38.5 Å². The molecular formula is C22H42N2O4. The van der Waals surface area contributed by atoms with Gasteiger partial charge < -0.3 is 21.7 Å². The number of hydrogen-bond acceptors (Lipinski definition) is 4. The maximum Gasteiger partial charge on any atom is 0.307 e. The first-order valence-corrected chi connectivity index (χ1v) is 10.9. The van der Waals surface area contributed by atoms with Crippen LogP contribution >= 0.6 is 0 Å². The van der Waals surface area contributed by atoms with Crippen molar-refractivity contribution in [1.29, 1.82) is 0 Å². The van der Waals surface area contributed by atoms with Crippen LogP contribution in [-0.2, 0) is 9.59 Å². The third kappa shape index (κ3) is 8.48. The molecule has 0 saturated heterocycles. The molecular weight excluding hydrogens is 356 g/mol. The lowest BCUT2D eigenvalue weighted by Gasteiger charge is -2.40. The molecule has 0 heterocycles. The van der Waals surface area contributed by atoms with Crippen molar-refractivity contribution in [2.24, 2.45) is 40.1 Å². The van der Waals surface area contributed by atoms with E-state index in [4.69, 9.17) is 21.7 Å². The maximum atomic E-state index is 10.9. The highest BCUT2D eigenvalue weighted by molar-refractivity contribution is 5.70. The molecule has 28 heavy (non-hydrogen) atoms. The zero-order valence-electron chi connectivity index (χ0n) is 18.1. The van der Waals surface area contributed by atoms with E-state index in [2.05, 4.69) is 20.8 Å². The lowest BCUT2D eigenvalue weighted by atomic mass is 9.66. The number of aliphatic carboxylic acids is 2. The summed E-state index contributed by atoms with van der Waals surface area (Å²) in [6, 6.07) is 0. The van der Waals surface area contributed by atoms with Crippen LogP contribution in [-0.4, -0.2) is 35.2 Å². The number of carboxylic acid groups (broad SMARTS) is 2. The van der Waals surface area contributed by atoms with Crippen LogP contribution in [0.3, 0.4) is 0 Å². The standard InChI is InChI=1S/C13H25NO2.C9H17NO2/c1-10(2)4-3-5-13(6-7-13)8-11(9-14)12(15)16;1-9(3-2-4-9)5-7(6-10)8(11)12/h10-11H,3-9,14H2,1-2H3,(H,15,16);7H,2-6,10H2,1H3,(H,11,12). The van der Waals surface area contributed by atoms with Crippen molar-refractivity contribution in [2.75, 3.05) is 13.1 Å². The average Bonchev–Trinajstić information content (AvgIpc) is 3.35. The SMILES string of the molecule is CC(C)CCCC1(CC(CN)C(=O)O)CC1.CC1(CC(CN)C(=O)O)CCC1. The smallest absolute Gasteiger partial charge is 0.307 e. The van der Waals surface area contributed by atoms with Crippen LogP contribution in [0.25, 0.3) is 0 Å². The molecule has 2 rings (SSSR count). The fourth-order valence-electron chi connectivity index (χ4n) is 4.26. The van der Waals surface area contributed by atoms with Crippen molar-refractivity contribution in [3.63, 3.8) is 0 Å². The van der Waals surface area contributed by atoms with Crippen molar-refractivity contribution >= 4 is 11.9 Å². The molecule has 2 unspecified atom stereocenters. The number of rotatable bonds is 12. The Morgan fingerprint density at radius 3 is 1.75 bits per heavy atom. The van der Waals surface area contributed by atoms with Gasteiger partial charge in [-0.25, -0.2) is 0 Å². The molecule has 0 aromatic heterocycles. The minimum absolute atomic E-state index is 0.266. The van der Waals surface area contributed by atoms with Crippen molar-refractivity contribution in [2.45, 2.75) is 85.0 Å². The highest BCUT2D eigenvalue weighted by Crippen LogP contribution is 2.54. The van der Waals surface area contributed by atoms with E-state index in [0.717, 1.165) is 31.6 Å². The van der Waals surface area contributed by atoms with E-state index in [0.29, 0.717) is 5.41 Å². The van der Waals surface area contributed by atoms with Gasteiger partial charge in [-0.2, -0.15) is 0 Å². The van der Waals surface area contributed by atoms with Gasteiger partial charge in [0.25, 0.3) is 0 Å². The van der Waals surface area contributed by atoms with E-state index in [1.54, 1.807) is 0 Å². The van der Waals surface area contributed by atoms with Crippen molar-refractivity contribution in [1.82, 2.24) is 0 Å². The molecule has 2 aliphatic rings. The molecule has 0 aliphatic heterocycles. The summed E-state index contributed by atoms with van der Waals surface area (Å²) in [6.07, 6.45) is 11.2. The molecule has 6 N–H and O–H groups in total. The van der Waals surface area contributed by atoms with E-state index < -0.39 is 11.9 Å². The Bertz CT molecular complexity index is 499. The fourth-order valence-corrected chi connectivity index (χ4v) is 4.26. The molecule has 2 atom stereocenters. The van der Waals surface area contributed by atoms with Crippen LogP contribution in [0.15, 0.2) is 0 Å². The second-order valence-electron chi connectivity index (χ2n) is 9.90. The van der Waals surface area contributed by atoms with Crippen LogP contribution in [0.2, 0.25) is 0 Å². The summed E-state index contributed by atoms with van der Waals surface area (Å²) in [4.78, 5) is 21.6. The molecule has 0 spiro atoms. The van der Waals surface area contributed by atoms with Crippen LogP contribution < -0.4 is 11.5 Å². The zero-order valence-corrected chi connectivity index (χ0v) is 18.1. The van der Waals surface area contributed by atoms with Crippen molar-refractivity contribution < 1.29 is 19.8 Å². The normalized spacial score (nSPS) is 21.1. The van der Waals surface area contributed by atoms with Gasteiger partial charge in [-0.3, -0.25) is 9.59 Å². The Morgan fingerprint density at radius 1 is 0.929 bits per heavy atom. The van der Waals surface area contributed by atoms with Gasteiger partial charge in [0.05, 0.1) is 11.8 Å². The third-order valence-corrected chi connectivity index (χ3v) is 6.69. The molecule has 0 aromatic rings. The molecule has 0 amide bonds. The van der Waals surface area contributed by atoms with Crippen molar-refractivity contribution in [3.05, 3.63) is 0 Å². The molecule has 6 nitrogen and oxygen atoms in total. The van der Waals surface area contributed by atoms with E-state index in [-0.39, 0.29) is 30.3 Å². The lowest BCUT2D eigenvalue weighted by molar-refractivity contribution is -0.143. The minimum Gasteiger partial charge on any atom is -0.481 e. The van der Waals surface area contributed by atoms with Crippen LogP contribution in [0.5, 0.6) is 0 Å². The summed E-state index contributed by atoms with van der Waals surface area (Å²) in [7, 11) is 0. The van der Waals surface area contributed by atoms with Gasteiger partial charge in [-0.1, -0.05) is 40.0 Å². The highest BCUT2D eigenvalue weighted by atomic mass is 16.4. The van der Waals surface area contributed by atoms with Gasteiger partial charge in [0.15, 0.2) is 0 Å². The Labute approximate surface area is 170 Å². The zero-order chi connectivity index (χ0) is 21.4. The second-order valence-corrected chi connectivity index (χ2v) is 9.90. The lowest BCUT2D eigenvalue weighted by Crippen LogP contribution is -2.34. The summed E-state index contributed by atoms with van der Waals surface area (Å²) >= 11 is 0. The molecule has 2 aliphatic carbocycles. The summed E-state index contributed by atoms with van der Waals surface area (Å²) in [5.41, 5.74) is 11.5. The molecule has 2 saturated carbocycles. The predicted octanol–water partition coefficient (Wildman–Crippen LogP) is 3.87. The maximum absolute atomic E-state index is 10.9. The van der Waals surface area contributed by atoms with Gasteiger partial charge in [0.1, 0.15) is 0 Å². The summed E-state index contributed by atoms with van der Waals surface area (Å²) in [6.45, 7) is 7.17. The predicted molar refractivity (Wildman–Crippen MR) is 112 cm³/mol. The van der Waals surface area contributed by atoms with E-state index in [1.807, 2.05) is 0 Å². The van der Waals surface area contributed by atoms with Gasteiger partial charge >= 0.3 is 11.9 Å². The summed E-state index contributed by atoms with van der Waals surface area (Å²) < 4.78 is 0. The largest absolute Gasteiger partial charge is 0.481 e. The Hall–Kier alpha value is -1.14. The van der Waals surface area contributed by atoms with Crippen LogP contribution in [0.1, 0.15) is 85.0 Å². The molecule has 164 valence electrons. The van der Waals surface area contributed by atoms with Gasteiger partial charge in [-0.05, 0) is 61.7 Å². The first-order chi connectivity index (χ1) is 13.1. The quantitative estimate of drug-likeness (QED) is 0.395. The van der Waals surface area contributed by atoms with Crippen LogP contribution in [0.4, 0.5) is 0 Å². The molecule has 2 fully saturated rings. The second kappa shape index (κ2) is 11.1. The van der Waals surface area contributed by atoms with Gasteiger partial charge in [0.2, 0.25) is 0 Å². The molecule has 0 radical (unpaired) electrons. The van der Waals surface area contributed by atoms with Crippen LogP contribution in [0, 0.1) is 28.6 Å². The highest BCUT2D eigenvalue weighted by Gasteiger charge is 2.44. The van der Waals surface area contributed by atoms with Crippen molar-refractivity contribution in [3.8, 4) is 0 Å². The molecule has 6 heteroatoms. The Balaban J connectivity index is 0.000000292. The molecule has 0 bridgehead atoms. The van der Waals surface area contributed by atoms with Gasteiger partial charge in [-0.15, -0.1) is 0 Å². The number of carboxylic acids is 2. The number of nitrogens with two attached hydrogens (primary N) is 2. The number of hydrogen-bond donors (Lipinski definition) is 4. The van der Waals surface area contributed by atoms with E-state index in [9.17, 15) is 9.59 Å². The first kappa shape index (κ1) is 24.9. The third-order valence-electron chi connectivity index (χ3n) is 6.69. The minimum atomic E-state index is -0.745. The first-order valence-electron chi connectivity index (χ1n) is 10.9. The number of carbonyl (C=O) groups is 2. The average molecular weight is 399 g/mol. The van der Waals surface area contributed by atoms with Gasteiger partial charge in [0, 0.05) is 13.1 Å². The topological polar surface area (TPSA) is 127 Å².